The highest BCUT2D eigenvalue weighted by molar-refractivity contribution is 5.90. The maximum absolute atomic E-state index is 13.8. The lowest BCUT2D eigenvalue weighted by Gasteiger charge is -2.63. The van der Waals surface area contributed by atoms with Crippen LogP contribution in [0.4, 0.5) is 5.69 Å². The molecule has 3 aromatic rings. The number of hydrogen-bond donors (Lipinski definition) is 6. The van der Waals surface area contributed by atoms with E-state index in [0.717, 1.165) is 85.6 Å². The first-order valence-corrected chi connectivity index (χ1v) is 19.3. The molecule has 1 spiro atoms. The van der Waals surface area contributed by atoms with Crippen molar-refractivity contribution in [1.82, 2.24) is 20.2 Å². The number of amides is 1. The Morgan fingerprint density at radius 3 is 2.65 bits per heavy atom. The van der Waals surface area contributed by atoms with Gasteiger partial charge in [-0.2, -0.15) is 0 Å². The average molecular weight is 713 g/mol. The molecule has 8 rings (SSSR count). The quantitative estimate of drug-likeness (QED) is 0.0851. The van der Waals surface area contributed by atoms with E-state index in [2.05, 4.69) is 82.6 Å². The third-order valence-corrected chi connectivity index (χ3v) is 14.2. The molecule has 2 unspecified atom stereocenters. The summed E-state index contributed by atoms with van der Waals surface area (Å²) in [6.45, 7) is 10.4. The highest BCUT2D eigenvalue weighted by Crippen LogP contribution is 2.67. The van der Waals surface area contributed by atoms with Crippen molar-refractivity contribution in [1.29, 1.82) is 0 Å². The lowest BCUT2D eigenvalue weighted by molar-refractivity contribution is -0.203. The van der Waals surface area contributed by atoms with Crippen LogP contribution in [-0.4, -0.2) is 112 Å². The number of anilines is 1. The van der Waals surface area contributed by atoms with E-state index in [1.54, 1.807) is 7.11 Å². The number of fused-ring (bicyclic) bond motifs is 2. The van der Waals surface area contributed by atoms with Gasteiger partial charge in [-0.3, -0.25) is 15.1 Å². The molecule has 0 radical (unpaired) electrons. The summed E-state index contributed by atoms with van der Waals surface area (Å²) in [5.41, 5.74) is 4.36. The molecule has 0 bridgehead atoms. The van der Waals surface area contributed by atoms with Crippen LogP contribution in [0.25, 0.3) is 10.9 Å². The first-order valence-electron chi connectivity index (χ1n) is 19.3. The number of likely N-dealkylation sites (N-methyl/N-ethyl adjacent to an activating group) is 1. The lowest BCUT2D eigenvalue weighted by Crippen LogP contribution is -2.82. The van der Waals surface area contributed by atoms with E-state index in [1.807, 2.05) is 18.9 Å². The fraction of sp³-hybridized carbons (Fsp3) is 0.585. The van der Waals surface area contributed by atoms with Gasteiger partial charge in [0.05, 0.1) is 18.8 Å². The largest absolute Gasteiger partial charge is 0.496 e. The standard InChI is InChI=1S/C41H56N6O5/c1-6-38(50)15-10-18-46(24-38)20-14-27-26-12-8-9-13-30(26)43-33(27)25(3)28-22-29-31(23-32(28)52-5)45(4)35-40(29)17-21-47-19-11-16-39(7-2,34(40)47)36(48)41(35,51)37(49)44-42/h8-9,11-13,16,22-23,25,34-36,43,48,50-51H,6-7,10,14-15,17-21,24,42H2,1-5H3,(H,44,49)/t25?,34-,35+,36+,38?,39+,40+,41-/m0/s1. The molecule has 11 heteroatoms. The molecule has 2 saturated heterocycles. The zero-order chi connectivity index (χ0) is 36.8. The van der Waals surface area contributed by atoms with Gasteiger partial charge in [-0.1, -0.05) is 51.1 Å². The van der Waals surface area contributed by atoms with Gasteiger partial charge in [-0.05, 0) is 74.9 Å². The van der Waals surface area contributed by atoms with Crippen molar-refractivity contribution < 1.29 is 24.9 Å². The third-order valence-electron chi connectivity index (χ3n) is 14.2. The summed E-state index contributed by atoms with van der Waals surface area (Å²) in [5.74, 6) is 5.66. The summed E-state index contributed by atoms with van der Waals surface area (Å²) in [6, 6.07) is 11.9. The van der Waals surface area contributed by atoms with Crippen molar-refractivity contribution in [2.45, 2.75) is 100 Å². The second kappa shape index (κ2) is 12.6. The molecule has 5 aliphatic rings. The van der Waals surface area contributed by atoms with Crippen LogP contribution >= 0.6 is 0 Å². The number of aromatic amines is 1. The van der Waals surface area contributed by atoms with Crippen LogP contribution in [0.15, 0.2) is 48.6 Å². The van der Waals surface area contributed by atoms with Crippen molar-refractivity contribution in [2.24, 2.45) is 11.3 Å². The van der Waals surface area contributed by atoms with Crippen LogP contribution in [0.1, 0.15) is 81.2 Å². The molecule has 1 saturated carbocycles. The molecular formula is C41H56N6O5. The van der Waals surface area contributed by atoms with Gasteiger partial charge in [0, 0.05) is 83.4 Å². The minimum atomic E-state index is -2.19. The van der Waals surface area contributed by atoms with Gasteiger partial charge in [0.2, 0.25) is 0 Å². The molecule has 7 N–H and O–H groups in total. The number of hydrazine groups is 1. The van der Waals surface area contributed by atoms with Crippen LogP contribution in [-0.2, 0) is 16.6 Å². The van der Waals surface area contributed by atoms with Crippen LogP contribution in [0.5, 0.6) is 5.75 Å². The minimum Gasteiger partial charge on any atom is -0.496 e. The number of aromatic nitrogens is 1. The zero-order valence-corrected chi connectivity index (χ0v) is 31.3. The average Bonchev–Trinajstić information content (AvgIpc) is 3.82. The fourth-order valence-electron chi connectivity index (χ4n) is 11.7. The maximum Gasteiger partial charge on any atom is 0.270 e. The Balaban J connectivity index is 1.26. The van der Waals surface area contributed by atoms with Crippen molar-refractivity contribution in [3.05, 3.63) is 70.9 Å². The molecule has 280 valence electrons. The number of carbonyl (C=O) groups is 1. The van der Waals surface area contributed by atoms with E-state index in [1.165, 1.54) is 10.9 Å². The third kappa shape index (κ3) is 4.69. The SMILES string of the molecule is CCC1(O)CCCN(CCc2c(C(C)c3cc4c(cc3OC)N(C)[C@H]3[C@@](O)(C(=O)NN)[C@H](O)[C@]5(CC)C=CCN6CC[C@]43[C@@H]65)[nH]c3ccccc23)C1. The zero-order valence-electron chi connectivity index (χ0n) is 31.3. The molecular weight excluding hydrogens is 656 g/mol. The number of aliphatic hydroxyl groups excluding tert-OH is 1. The van der Waals surface area contributed by atoms with Gasteiger partial charge < -0.3 is 34.8 Å². The summed E-state index contributed by atoms with van der Waals surface area (Å²) in [5, 5.41) is 37.3. The molecule has 11 nitrogen and oxygen atoms in total. The van der Waals surface area contributed by atoms with E-state index in [0.29, 0.717) is 19.4 Å². The van der Waals surface area contributed by atoms with Crippen LogP contribution in [0, 0.1) is 5.41 Å². The van der Waals surface area contributed by atoms with Crippen molar-refractivity contribution in [3.8, 4) is 5.75 Å². The number of benzene rings is 2. The molecule has 4 aliphatic heterocycles. The number of hydrogen-bond acceptors (Lipinski definition) is 9. The minimum absolute atomic E-state index is 0.0857. The summed E-state index contributed by atoms with van der Waals surface area (Å²) < 4.78 is 6.18. The number of para-hydroxylation sites is 1. The molecule has 52 heavy (non-hydrogen) atoms. The Bertz CT molecular complexity index is 1910. The monoisotopic (exact) mass is 712 g/mol. The molecule has 1 aromatic heterocycles. The first-order chi connectivity index (χ1) is 24.9. The topological polar surface area (TPSA) is 151 Å². The Hall–Kier alpha value is -3.45. The first kappa shape index (κ1) is 35.6. The Labute approximate surface area is 306 Å². The van der Waals surface area contributed by atoms with Crippen LogP contribution in [0.2, 0.25) is 0 Å². The second-order valence-corrected chi connectivity index (χ2v) is 16.4. The Morgan fingerprint density at radius 2 is 1.92 bits per heavy atom. The number of aliphatic hydroxyl groups is 3. The number of nitrogens with two attached hydrogens (primary N) is 1. The molecule has 8 atom stereocenters. The van der Waals surface area contributed by atoms with E-state index in [9.17, 15) is 20.1 Å². The number of ether oxygens (including phenoxy) is 1. The number of nitrogens with zero attached hydrogens (tertiary/aromatic N) is 3. The van der Waals surface area contributed by atoms with E-state index >= 15 is 0 Å². The molecule has 5 heterocycles. The predicted molar refractivity (Wildman–Crippen MR) is 202 cm³/mol. The fourth-order valence-corrected chi connectivity index (χ4v) is 11.7. The second-order valence-electron chi connectivity index (χ2n) is 16.4. The number of piperidine rings is 1. The number of rotatable bonds is 9. The van der Waals surface area contributed by atoms with E-state index in [-0.39, 0.29) is 12.0 Å². The number of H-pyrrole nitrogens is 1. The summed E-state index contributed by atoms with van der Waals surface area (Å²) in [7, 11) is 3.61. The van der Waals surface area contributed by atoms with Gasteiger partial charge in [0.1, 0.15) is 11.9 Å². The molecule has 1 amide bonds. The summed E-state index contributed by atoms with van der Waals surface area (Å²) in [6.07, 6.45) is 7.47. The highest BCUT2D eigenvalue weighted by atomic mass is 16.5. The lowest BCUT2D eigenvalue weighted by atomic mass is 9.47. The van der Waals surface area contributed by atoms with Crippen molar-refractivity contribution >= 4 is 22.5 Å². The van der Waals surface area contributed by atoms with Gasteiger partial charge >= 0.3 is 0 Å². The van der Waals surface area contributed by atoms with Gasteiger partial charge in [-0.25, -0.2) is 5.84 Å². The smallest absolute Gasteiger partial charge is 0.270 e. The molecule has 2 aromatic carbocycles. The number of likely N-dealkylation sites (tertiary alicyclic amines) is 1. The van der Waals surface area contributed by atoms with Crippen molar-refractivity contribution in [2.75, 3.05) is 51.8 Å². The van der Waals surface area contributed by atoms with Crippen molar-refractivity contribution in [3.63, 3.8) is 0 Å². The Kier molecular flexibility index (Phi) is 8.60. The van der Waals surface area contributed by atoms with E-state index in [4.69, 9.17) is 10.6 Å². The van der Waals surface area contributed by atoms with Gasteiger partial charge in [-0.15, -0.1) is 0 Å². The normalized spacial score (nSPS) is 34.6. The molecule has 3 fully saturated rings. The summed E-state index contributed by atoms with van der Waals surface area (Å²) >= 11 is 0. The highest BCUT2D eigenvalue weighted by Gasteiger charge is 2.78. The van der Waals surface area contributed by atoms with Gasteiger partial charge in [0.25, 0.3) is 5.91 Å². The van der Waals surface area contributed by atoms with Gasteiger partial charge in [0.15, 0.2) is 5.60 Å². The number of β-amino-alcohol motifs (C(OH)–C–C–N with tert-alkyl or cyclic N) is 1. The number of methoxy groups -OCH3 is 1. The summed E-state index contributed by atoms with van der Waals surface area (Å²) in [4.78, 5) is 24.5. The van der Waals surface area contributed by atoms with Crippen LogP contribution in [0.3, 0.4) is 0 Å². The molecule has 1 aliphatic carbocycles. The number of carbonyl (C=O) groups excluding carboxylic acids is 1. The van der Waals surface area contributed by atoms with Crippen LogP contribution < -0.4 is 20.9 Å². The number of nitrogens with one attached hydrogen (secondary N) is 2. The van der Waals surface area contributed by atoms with E-state index < -0.39 is 40.1 Å². The maximum atomic E-state index is 13.8. The predicted octanol–water partition coefficient (Wildman–Crippen LogP) is 3.30. The Morgan fingerprint density at radius 1 is 1.13 bits per heavy atom.